The number of benzene rings is 1. The van der Waals surface area contributed by atoms with Gasteiger partial charge in [-0.15, -0.1) is 0 Å². The summed E-state index contributed by atoms with van der Waals surface area (Å²) in [5.41, 5.74) is -0.228. The minimum absolute atomic E-state index is 0.287. The van der Waals surface area contributed by atoms with E-state index < -0.39 is 21.8 Å². The maximum atomic E-state index is 12.6. The second kappa shape index (κ2) is 5.25. The van der Waals surface area contributed by atoms with E-state index in [1.165, 1.54) is 10.4 Å². The molecule has 0 saturated carbocycles. The highest BCUT2D eigenvalue weighted by atomic mass is 32.2. The van der Waals surface area contributed by atoms with E-state index in [1.54, 1.807) is 11.0 Å². The molecule has 1 fully saturated rings. The molecule has 0 bridgehead atoms. The quantitative estimate of drug-likeness (QED) is 0.836. The summed E-state index contributed by atoms with van der Waals surface area (Å²) in [5, 5.41) is 0. The minimum Gasteiger partial charge on any atom is -0.369 e. The fourth-order valence-corrected chi connectivity index (χ4v) is 2.98. The maximum absolute atomic E-state index is 12.6. The lowest BCUT2D eigenvalue weighted by molar-refractivity contribution is -0.137. The summed E-state index contributed by atoms with van der Waals surface area (Å²) >= 11 is 0. The van der Waals surface area contributed by atoms with Gasteiger partial charge in [-0.2, -0.15) is 17.5 Å². The first kappa shape index (κ1) is 15.1. The van der Waals surface area contributed by atoms with Gasteiger partial charge in [0.1, 0.15) is 0 Å². The van der Waals surface area contributed by atoms with E-state index in [4.69, 9.17) is 0 Å². The molecule has 1 aliphatic rings. The molecule has 0 unspecified atom stereocenters. The Hall–Kier alpha value is -1.28. The van der Waals surface area contributed by atoms with E-state index >= 15 is 0 Å². The van der Waals surface area contributed by atoms with Crippen molar-refractivity contribution in [3.63, 3.8) is 0 Å². The second-order valence-electron chi connectivity index (χ2n) is 4.70. The van der Waals surface area contributed by atoms with Crippen molar-refractivity contribution < 1.29 is 21.6 Å². The predicted octanol–water partition coefficient (Wildman–Crippen LogP) is 1.79. The molecule has 20 heavy (non-hydrogen) atoms. The molecule has 0 aliphatic carbocycles. The summed E-state index contributed by atoms with van der Waals surface area (Å²) in [6.45, 7) is 1.34. The van der Waals surface area contributed by atoms with Crippen LogP contribution in [0.4, 0.5) is 18.9 Å². The SMILES string of the molecule is CS(=O)(=O)N1CCN(c2cccc(C(F)(F)F)c2)CC1. The molecular weight excluding hydrogens is 293 g/mol. The third kappa shape index (κ3) is 3.43. The van der Waals surface area contributed by atoms with Crippen LogP contribution in [-0.4, -0.2) is 45.2 Å². The average molecular weight is 308 g/mol. The highest BCUT2D eigenvalue weighted by Gasteiger charge is 2.31. The van der Waals surface area contributed by atoms with Gasteiger partial charge in [0.2, 0.25) is 10.0 Å². The largest absolute Gasteiger partial charge is 0.416 e. The Morgan fingerprint density at radius 2 is 1.70 bits per heavy atom. The lowest BCUT2D eigenvalue weighted by Crippen LogP contribution is -2.48. The molecule has 0 radical (unpaired) electrons. The molecule has 0 spiro atoms. The number of halogens is 3. The van der Waals surface area contributed by atoms with Gasteiger partial charge in [-0.25, -0.2) is 8.42 Å². The van der Waals surface area contributed by atoms with Gasteiger partial charge in [0.25, 0.3) is 0 Å². The number of nitrogens with zero attached hydrogens (tertiary/aromatic N) is 2. The molecule has 0 atom stereocenters. The molecule has 0 aromatic heterocycles. The van der Waals surface area contributed by atoms with Gasteiger partial charge in [0.15, 0.2) is 0 Å². The van der Waals surface area contributed by atoms with Gasteiger partial charge in [0.05, 0.1) is 11.8 Å². The number of sulfonamides is 1. The summed E-state index contributed by atoms with van der Waals surface area (Å²) < 4.78 is 62.0. The maximum Gasteiger partial charge on any atom is 0.416 e. The molecule has 1 heterocycles. The molecule has 112 valence electrons. The van der Waals surface area contributed by atoms with E-state index in [2.05, 4.69) is 0 Å². The number of anilines is 1. The fraction of sp³-hybridized carbons (Fsp3) is 0.500. The molecule has 2 rings (SSSR count). The molecule has 4 nitrogen and oxygen atoms in total. The van der Waals surface area contributed by atoms with Gasteiger partial charge in [-0.05, 0) is 18.2 Å². The molecule has 1 aliphatic heterocycles. The van der Waals surface area contributed by atoms with Gasteiger partial charge in [0, 0.05) is 31.9 Å². The van der Waals surface area contributed by atoms with Crippen LogP contribution < -0.4 is 4.90 Å². The summed E-state index contributed by atoms with van der Waals surface area (Å²) in [5.74, 6) is 0. The van der Waals surface area contributed by atoms with Crippen LogP contribution >= 0.6 is 0 Å². The Morgan fingerprint density at radius 1 is 1.10 bits per heavy atom. The zero-order valence-corrected chi connectivity index (χ0v) is 11.7. The van der Waals surface area contributed by atoms with E-state index in [-0.39, 0.29) is 13.1 Å². The third-order valence-electron chi connectivity index (χ3n) is 3.25. The Kier molecular flexibility index (Phi) is 3.97. The third-order valence-corrected chi connectivity index (χ3v) is 4.55. The fourth-order valence-electron chi connectivity index (χ4n) is 2.16. The van der Waals surface area contributed by atoms with Crippen molar-refractivity contribution in [1.29, 1.82) is 0 Å². The summed E-state index contributed by atoms with van der Waals surface area (Å²) in [6, 6.07) is 5.08. The lowest BCUT2D eigenvalue weighted by Gasteiger charge is -2.35. The van der Waals surface area contributed by atoms with Crippen molar-refractivity contribution in [3.05, 3.63) is 29.8 Å². The zero-order valence-electron chi connectivity index (χ0n) is 10.9. The van der Waals surface area contributed by atoms with E-state index in [9.17, 15) is 21.6 Å². The van der Waals surface area contributed by atoms with Crippen molar-refractivity contribution in [3.8, 4) is 0 Å². The highest BCUT2D eigenvalue weighted by molar-refractivity contribution is 7.88. The predicted molar refractivity (Wildman–Crippen MR) is 70.1 cm³/mol. The standard InChI is InChI=1S/C12H15F3N2O2S/c1-20(18,19)17-7-5-16(6-8-17)11-4-2-3-10(9-11)12(13,14)15/h2-4,9H,5-8H2,1H3. The monoisotopic (exact) mass is 308 g/mol. The number of hydrogen-bond acceptors (Lipinski definition) is 3. The lowest BCUT2D eigenvalue weighted by atomic mass is 10.1. The zero-order chi connectivity index (χ0) is 15.0. The van der Waals surface area contributed by atoms with E-state index in [0.29, 0.717) is 18.8 Å². The molecular formula is C12H15F3N2O2S. The van der Waals surface area contributed by atoms with Crippen LogP contribution in [0.15, 0.2) is 24.3 Å². The van der Waals surface area contributed by atoms with Crippen LogP contribution in [0.3, 0.4) is 0 Å². The Labute approximate surface area is 115 Å². The first-order valence-electron chi connectivity index (χ1n) is 6.05. The molecule has 1 saturated heterocycles. The number of hydrogen-bond donors (Lipinski definition) is 0. The smallest absolute Gasteiger partial charge is 0.369 e. The first-order chi connectivity index (χ1) is 9.18. The highest BCUT2D eigenvalue weighted by Crippen LogP contribution is 2.31. The van der Waals surface area contributed by atoms with Crippen LogP contribution in [0, 0.1) is 0 Å². The van der Waals surface area contributed by atoms with Crippen molar-refractivity contribution in [1.82, 2.24) is 4.31 Å². The molecule has 0 amide bonds. The van der Waals surface area contributed by atoms with Crippen LogP contribution in [0.2, 0.25) is 0 Å². The Balaban J connectivity index is 2.12. The second-order valence-corrected chi connectivity index (χ2v) is 6.68. The first-order valence-corrected chi connectivity index (χ1v) is 7.90. The van der Waals surface area contributed by atoms with Crippen LogP contribution in [0.25, 0.3) is 0 Å². The van der Waals surface area contributed by atoms with E-state index in [0.717, 1.165) is 18.4 Å². The summed E-state index contributed by atoms with van der Waals surface area (Å²) in [7, 11) is -3.24. The van der Waals surface area contributed by atoms with Crippen LogP contribution in [-0.2, 0) is 16.2 Å². The Bertz CT molecular complexity index is 579. The molecule has 1 aromatic rings. The van der Waals surface area contributed by atoms with Crippen molar-refractivity contribution in [2.75, 3.05) is 37.3 Å². The van der Waals surface area contributed by atoms with Gasteiger partial charge < -0.3 is 4.90 Å². The number of rotatable bonds is 2. The average Bonchev–Trinajstić information content (AvgIpc) is 2.37. The normalized spacial score (nSPS) is 18.3. The summed E-state index contributed by atoms with van der Waals surface area (Å²) in [4.78, 5) is 1.76. The molecule has 1 aromatic carbocycles. The van der Waals surface area contributed by atoms with Crippen molar-refractivity contribution >= 4 is 15.7 Å². The molecule has 8 heteroatoms. The van der Waals surface area contributed by atoms with E-state index in [1.807, 2.05) is 0 Å². The van der Waals surface area contributed by atoms with Gasteiger partial charge >= 0.3 is 6.18 Å². The number of alkyl halides is 3. The van der Waals surface area contributed by atoms with Crippen molar-refractivity contribution in [2.24, 2.45) is 0 Å². The van der Waals surface area contributed by atoms with Crippen LogP contribution in [0.5, 0.6) is 0 Å². The number of piperazine rings is 1. The summed E-state index contributed by atoms with van der Waals surface area (Å²) in [6.07, 6.45) is -3.24. The van der Waals surface area contributed by atoms with Gasteiger partial charge in [-0.3, -0.25) is 0 Å². The van der Waals surface area contributed by atoms with Gasteiger partial charge in [-0.1, -0.05) is 6.07 Å². The van der Waals surface area contributed by atoms with Crippen molar-refractivity contribution in [2.45, 2.75) is 6.18 Å². The topological polar surface area (TPSA) is 40.6 Å². The van der Waals surface area contributed by atoms with Crippen LogP contribution in [0.1, 0.15) is 5.56 Å². The molecule has 0 N–H and O–H groups in total. The Morgan fingerprint density at radius 3 is 2.20 bits per heavy atom. The minimum atomic E-state index is -4.37.